The summed E-state index contributed by atoms with van der Waals surface area (Å²) < 4.78 is 0. The molecule has 3 N–H and O–H groups in total. The van der Waals surface area contributed by atoms with Gasteiger partial charge in [0.05, 0.1) is 0 Å². The summed E-state index contributed by atoms with van der Waals surface area (Å²) in [6.45, 7) is 3.73. The Kier molecular flexibility index (Phi) is 4.29. The van der Waals surface area contributed by atoms with Crippen molar-refractivity contribution in [2.24, 2.45) is 5.73 Å². The number of rotatable bonds is 1. The molecule has 1 saturated heterocycles. The van der Waals surface area contributed by atoms with Gasteiger partial charge in [-0.3, -0.25) is 0 Å². The minimum absolute atomic E-state index is 0. The third kappa shape index (κ3) is 2.13. The molecule has 2 nitrogen and oxygen atoms in total. The van der Waals surface area contributed by atoms with Gasteiger partial charge in [-0.05, 0) is 12.5 Å². The Labute approximate surface area is 72.2 Å². The minimum atomic E-state index is 0. The van der Waals surface area contributed by atoms with Crippen LogP contribution in [0, 0.1) is 0 Å². The van der Waals surface area contributed by atoms with Gasteiger partial charge in [-0.1, -0.05) is 11.6 Å². The lowest BCUT2D eigenvalue weighted by atomic mass is 10.1. The van der Waals surface area contributed by atoms with Gasteiger partial charge in [-0.2, -0.15) is 0 Å². The first kappa shape index (κ1) is 10.2. The van der Waals surface area contributed by atoms with E-state index in [1.165, 1.54) is 5.57 Å². The predicted octanol–water partition coefficient (Wildman–Crippen LogP) is 0.852. The minimum Gasteiger partial charge on any atom is -0.323 e. The number of hydrogen-bond acceptors (Lipinski definition) is 2. The van der Waals surface area contributed by atoms with Crippen molar-refractivity contribution in [3.8, 4) is 0 Å². The maximum Gasteiger partial charge on any atom is 0.0375 e. The molecular weight excluding hydrogens is 171 g/mol. The third-order valence-electron chi connectivity index (χ3n) is 1.41. The highest BCUT2D eigenvalue weighted by atomic mass is 35.5. The van der Waals surface area contributed by atoms with E-state index in [1.807, 2.05) is 6.92 Å². The zero-order chi connectivity index (χ0) is 6.85. The van der Waals surface area contributed by atoms with E-state index in [0.29, 0.717) is 0 Å². The van der Waals surface area contributed by atoms with Crippen LogP contribution in [0.5, 0.6) is 0 Å². The first-order valence-electron chi connectivity index (χ1n) is 3.05. The largest absolute Gasteiger partial charge is 0.323 e. The quantitative estimate of drug-likeness (QED) is 0.632. The third-order valence-corrected chi connectivity index (χ3v) is 2.03. The number of halogens is 2. The molecule has 1 fully saturated rings. The van der Waals surface area contributed by atoms with Gasteiger partial charge in [-0.15, -0.1) is 12.4 Å². The molecular formula is C6H12Cl2N2. The molecule has 0 amide bonds. The molecule has 0 saturated carbocycles. The van der Waals surface area contributed by atoms with Crippen LogP contribution >= 0.6 is 24.0 Å². The van der Waals surface area contributed by atoms with Crippen LogP contribution in [0.25, 0.3) is 0 Å². The van der Waals surface area contributed by atoms with Gasteiger partial charge in [0.25, 0.3) is 0 Å². The summed E-state index contributed by atoms with van der Waals surface area (Å²) in [5.41, 5.74) is 6.78. The highest BCUT2D eigenvalue weighted by Crippen LogP contribution is 2.15. The number of nitrogens with one attached hydrogen (secondary N) is 1. The van der Waals surface area contributed by atoms with Crippen LogP contribution in [-0.4, -0.2) is 19.1 Å². The lowest BCUT2D eigenvalue weighted by molar-refractivity contribution is 0.653. The Bertz CT molecular complexity index is 137. The van der Waals surface area contributed by atoms with Crippen LogP contribution in [-0.2, 0) is 0 Å². The maximum absolute atomic E-state index is 5.83. The first-order valence-corrected chi connectivity index (χ1v) is 3.43. The van der Waals surface area contributed by atoms with Crippen molar-refractivity contribution in [3.05, 3.63) is 10.6 Å². The highest BCUT2D eigenvalue weighted by Gasteiger charge is 2.13. The van der Waals surface area contributed by atoms with E-state index < -0.39 is 0 Å². The van der Waals surface area contributed by atoms with E-state index in [9.17, 15) is 0 Å². The van der Waals surface area contributed by atoms with Crippen molar-refractivity contribution in [2.75, 3.05) is 13.1 Å². The van der Waals surface area contributed by atoms with Crippen molar-refractivity contribution in [1.82, 2.24) is 5.32 Å². The summed E-state index contributed by atoms with van der Waals surface area (Å²) in [7, 11) is 0. The van der Waals surface area contributed by atoms with Gasteiger partial charge < -0.3 is 11.1 Å². The average Bonchev–Trinajstić information content (AvgIpc) is 1.60. The second-order valence-electron chi connectivity index (χ2n) is 2.34. The second-order valence-corrected chi connectivity index (χ2v) is 2.75. The van der Waals surface area contributed by atoms with E-state index in [2.05, 4.69) is 5.32 Å². The average molecular weight is 183 g/mol. The molecule has 0 spiro atoms. The van der Waals surface area contributed by atoms with Crippen LogP contribution in [0.2, 0.25) is 0 Å². The molecule has 0 aliphatic carbocycles. The summed E-state index contributed by atoms with van der Waals surface area (Å²) in [6.07, 6.45) is 0. The second kappa shape index (κ2) is 4.19. The molecule has 10 heavy (non-hydrogen) atoms. The normalized spacial score (nSPS) is 18.9. The molecule has 0 bridgehead atoms. The Morgan fingerprint density at radius 2 is 2.20 bits per heavy atom. The highest BCUT2D eigenvalue weighted by molar-refractivity contribution is 6.30. The number of nitrogens with two attached hydrogens (primary N) is 1. The van der Waals surface area contributed by atoms with Crippen LogP contribution in [0.15, 0.2) is 10.6 Å². The van der Waals surface area contributed by atoms with Gasteiger partial charge in [0, 0.05) is 24.2 Å². The van der Waals surface area contributed by atoms with Crippen molar-refractivity contribution < 1.29 is 0 Å². The molecule has 0 radical (unpaired) electrons. The molecule has 0 aromatic heterocycles. The summed E-state index contributed by atoms with van der Waals surface area (Å²) in [5.74, 6) is 0. The van der Waals surface area contributed by atoms with Crippen molar-refractivity contribution in [2.45, 2.75) is 13.0 Å². The van der Waals surface area contributed by atoms with Gasteiger partial charge in [0.1, 0.15) is 0 Å². The fourth-order valence-electron chi connectivity index (χ4n) is 0.741. The monoisotopic (exact) mass is 182 g/mol. The summed E-state index contributed by atoms with van der Waals surface area (Å²) in [6, 6.07) is 0.00349. The molecule has 1 aliphatic heterocycles. The van der Waals surface area contributed by atoms with Crippen molar-refractivity contribution in [3.63, 3.8) is 0 Å². The molecule has 1 heterocycles. The van der Waals surface area contributed by atoms with Gasteiger partial charge in [0.15, 0.2) is 0 Å². The summed E-state index contributed by atoms with van der Waals surface area (Å²) in [4.78, 5) is 0. The van der Waals surface area contributed by atoms with E-state index >= 15 is 0 Å². The zero-order valence-electron chi connectivity index (χ0n) is 5.86. The Morgan fingerprint density at radius 1 is 1.70 bits per heavy atom. The van der Waals surface area contributed by atoms with E-state index in [-0.39, 0.29) is 18.4 Å². The molecule has 1 atom stereocenters. The fourth-order valence-corrected chi connectivity index (χ4v) is 0.874. The first-order chi connectivity index (χ1) is 4.22. The molecule has 4 heteroatoms. The SMILES string of the molecule is CC(N)C(Cl)=C1CNC1.Cl. The zero-order valence-corrected chi connectivity index (χ0v) is 7.43. The van der Waals surface area contributed by atoms with Crippen LogP contribution in [0.1, 0.15) is 6.92 Å². The van der Waals surface area contributed by atoms with E-state index in [1.54, 1.807) is 0 Å². The lowest BCUT2D eigenvalue weighted by Crippen LogP contribution is -2.36. The Hall–Kier alpha value is 0.240. The molecule has 1 rings (SSSR count). The van der Waals surface area contributed by atoms with E-state index in [4.69, 9.17) is 17.3 Å². The van der Waals surface area contributed by atoms with Crippen LogP contribution in [0.3, 0.4) is 0 Å². The van der Waals surface area contributed by atoms with Crippen molar-refractivity contribution in [1.29, 1.82) is 0 Å². The van der Waals surface area contributed by atoms with E-state index in [0.717, 1.165) is 18.1 Å². The number of hydrogen-bond donors (Lipinski definition) is 2. The fraction of sp³-hybridized carbons (Fsp3) is 0.667. The smallest absolute Gasteiger partial charge is 0.0375 e. The predicted molar refractivity (Wildman–Crippen MR) is 46.6 cm³/mol. The van der Waals surface area contributed by atoms with Crippen LogP contribution in [0.4, 0.5) is 0 Å². The topological polar surface area (TPSA) is 38.0 Å². The maximum atomic E-state index is 5.83. The summed E-state index contributed by atoms with van der Waals surface area (Å²) >= 11 is 5.83. The lowest BCUT2D eigenvalue weighted by Gasteiger charge is -2.21. The Morgan fingerprint density at radius 3 is 2.30 bits per heavy atom. The molecule has 1 unspecified atom stereocenters. The van der Waals surface area contributed by atoms with Gasteiger partial charge in [-0.25, -0.2) is 0 Å². The van der Waals surface area contributed by atoms with Gasteiger partial charge in [0.2, 0.25) is 0 Å². The summed E-state index contributed by atoms with van der Waals surface area (Å²) in [5, 5.41) is 3.93. The molecule has 0 aromatic carbocycles. The van der Waals surface area contributed by atoms with Crippen LogP contribution < -0.4 is 11.1 Å². The molecule has 1 aliphatic rings. The molecule has 0 aromatic rings. The standard InChI is InChI=1S/C6H11ClN2.ClH/c1-4(8)6(7)5-2-9-3-5;/h4,9H,2-3,8H2,1H3;1H. The Balaban J connectivity index is 0.000000810. The van der Waals surface area contributed by atoms with Crippen molar-refractivity contribution >= 4 is 24.0 Å². The van der Waals surface area contributed by atoms with Gasteiger partial charge >= 0.3 is 0 Å². The molecule has 60 valence electrons.